The topological polar surface area (TPSA) is 80.0 Å². The first kappa shape index (κ1) is 14.8. The van der Waals surface area contributed by atoms with Crippen molar-refractivity contribution in [2.24, 2.45) is 0 Å². The molecule has 0 unspecified atom stereocenters. The summed E-state index contributed by atoms with van der Waals surface area (Å²) in [6.45, 7) is 8.62. The van der Waals surface area contributed by atoms with Crippen LogP contribution in [-0.2, 0) is 0 Å². The number of aromatic nitrogens is 1. The number of nitrogen functional groups attached to an aromatic ring is 1. The summed E-state index contributed by atoms with van der Waals surface area (Å²) in [5.41, 5.74) is 6.51. The Morgan fingerprint density at radius 1 is 1.35 bits per heavy atom. The van der Waals surface area contributed by atoms with Crippen LogP contribution in [0.25, 0.3) is 0 Å². The molecule has 20 heavy (non-hydrogen) atoms. The van der Waals surface area contributed by atoms with Gasteiger partial charge >= 0.3 is 0 Å². The van der Waals surface area contributed by atoms with E-state index in [1.165, 1.54) is 0 Å². The van der Waals surface area contributed by atoms with Gasteiger partial charge in [-0.05, 0) is 52.7 Å². The summed E-state index contributed by atoms with van der Waals surface area (Å²) in [7, 11) is 0. The fourth-order valence-corrected chi connectivity index (χ4v) is 3.29. The van der Waals surface area contributed by atoms with Gasteiger partial charge in [-0.1, -0.05) is 0 Å². The zero-order valence-corrected chi connectivity index (χ0v) is 12.7. The SMILES string of the molecule is CC1(C)CC(NC(=O)c2ncccc2N)CC(C)(C)N1. The molecule has 0 aliphatic carbocycles. The standard InChI is InChI=1S/C15H24N4O/c1-14(2)8-10(9-15(3,4)19-14)18-13(20)12-11(16)6-5-7-17-12/h5-7,10,19H,8-9,16H2,1-4H3,(H,18,20). The van der Waals surface area contributed by atoms with Crippen LogP contribution < -0.4 is 16.4 Å². The third-order valence-corrected chi connectivity index (χ3v) is 3.58. The molecular weight excluding hydrogens is 252 g/mol. The Kier molecular flexibility index (Phi) is 3.73. The molecule has 0 aromatic carbocycles. The third kappa shape index (κ3) is 3.48. The first-order chi connectivity index (χ1) is 9.19. The minimum absolute atomic E-state index is 0.00461. The molecular formula is C15H24N4O. The quantitative estimate of drug-likeness (QED) is 0.768. The van der Waals surface area contributed by atoms with Gasteiger partial charge in [0.25, 0.3) is 5.91 Å². The van der Waals surface area contributed by atoms with Crippen molar-refractivity contribution in [2.75, 3.05) is 5.73 Å². The van der Waals surface area contributed by atoms with Crippen LogP contribution in [0.2, 0.25) is 0 Å². The van der Waals surface area contributed by atoms with E-state index in [0.717, 1.165) is 12.8 Å². The molecule has 0 radical (unpaired) electrons. The van der Waals surface area contributed by atoms with Gasteiger partial charge < -0.3 is 16.4 Å². The molecule has 1 aliphatic heterocycles. The molecule has 0 saturated carbocycles. The Hall–Kier alpha value is -1.62. The highest BCUT2D eigenvalue weighted by molar-refractivity contribution is 5.97. The molecule has 5 nitrogen and oxygen atoms in total. The van der Waals surface area contributed by atoms with Crippen molar-refractivity contribution in [1.82, 2.24) is 15.6 Å². The van der Waals surface area contributed by atoms with Gasteiger partial charge in [-0.25, -0.2) is 4.98 Å². The number of rotatable bonds is 2. The summed E-state index contributed by atoms with van der Waals surface area (Å²) in [6.07, 6.45) is 3.35. The number of anilines is 1. The highest BCUT2D eigenvalue weighted by Gasteiger charge is 2.38. The number of hydrogen-bond donors (Lipinski definition) is 3. The summed E-state index contributed by atoms with van der Waals surface area (Å²) in [5.74, 6) is -0.193. The smallest absolute Gasteiger partial charge is 0.272 e. The largest absolute Gasteiger partial charge is 0.397 e. The Morgan fingerprint density at radius 3 is 2.50 bits per heavy atom. The van der Waals surface area contributed by atoms with Crippen LogP contribution in [0, 0.1) is 0 Å². The Morgan fingerprint density at radius 2 is 1.95 bits per heavy atom. The predicted octanol–water partition coefficient (Wildman–Crippen LogP) is 1.70. The van der Waals surface area contributed by atoms with Crippen LogP contribution in [0.4, 0.5) is 5.69 Å². The van der Waals surface area contributed by atoms with Crippen molar-refractivity contribution in [3.63, 3.8) is 0 Å². The number of nitrogens with two attached hydrogens (primary N) is 1. The molecule has 1 aliphatic rings. The lowest BCUT2D eigenvalue weighted by molar-refractivity contribution is 0.0869. The summed E-state index contributed by atoms with van der Waals surface area (Å²) in [5, 5.41) is 6.66. The fourth-order valence-electron chi connectivity index (χ4n) is 3.29. The van der Waals surface area contributed by atoms with E-state index in [0.29, 0.717) is 11.4 Å². The first-order valence-electron chi connectivity index (χ1n) is 6.99. The Bertz CT molecular complexity index is 494. The number of carbonyl (C=O) groups is 1. The van der Waals surface area contributed by atoms with Crippen LogP contribution in [0.3, 0.4) is 0 Å². The normalized spacial score (nSPS) is 21.4. The lowest BCUT2D eigenvalue weighted by Gasteiger charge is -2.46. The van der Waals surface area contributed by atoms with Gasteiger partial charge in [-0.2, -0.15) is 0 Å². The van der Waals surface area contributed by atoms with Crippen molar-refractivity contribution >= 4 is 11.6 Å². The monoisotopic (exact) mass is 276 g/mol. The Labute approximate surface area is 120 Å². The Balaban J connectivity index is 2.10. The molecule has 1 fully saturated rings. The molecule has 1 aromatic rings. The molecule has 2 heterocycles. The maximum atomic E-state index is 12.3. The molecule has 4 N–H and O–H groups in total. The van der Waals surface area contributed by atoms with Crippen molar-refractivity contribution < 1.29 is 4.79 Å². The number of amides is 1. The van der Waals surface area contributed by atoms with Gasteiger partial charge in [0.15, 0.2) is 5.69 Å². The lowest BCUT2D eigenvalue weighted by Crippen LogP contribution is -2.62. The zero-order chi connectivity index (χ0) is 15.0. The second-order valence-electron chi connectivity index (χ2n) is 6.91. The zero-order valence-electron chi connectivity index (χ0n) is 12.7. The van der Waals surface area contributed by atoms with Gasteiger partial charge in [0.1, 0.15) is 0 Å². The second-order valence-corrected chi connectivity index (χ2v) is 6.91. The van der Waals surface area contributed by atoms with Crippen LogP contribution >= 0.6 is 0 Å². The maximum Gasteiger partial charge on any atom is 0.272 e. The predicted molar refractivity (Wildman–Crippen MR) is 80.4 cm³/mol. The second kappa shape index (κ2) is 5.05. The molecule has 0 spiro atoms. The van der Waals surface area contributed by atoms with Crippen LogP contribution in [0.5, 0.6) is 0 Å². The van der Waals surface area contributed by atoms with E-state index in [1.807, 2.05) is 0 Å². The van der Waals surface area contributed by atoms with E-state index in [-0.39, 0.29) is 23.0 Å². The highest BCUT2D eigenvalue weighted by atomic mass is 16.2. The molecule has 2 rings (SSSR count). The summed E-state index contributed by atoms with van der Waals surface area (Å²) >= 11 is 0. The van der Waals surface area contributed by atoms with Gasteiger partial charge in [-0.15, -0.1) is 0 Å². The van der Waals surface area contributed by atoms with E-state index >= 15 is 0 Å². The number of nitrogens with one attached hydrogen (secondary N) is 2. The van der Waals surface area contributed by atoms with Gasteiger partial charge in [0.05, 0.1) is 5.69 Å². The van der Waals surface area contributed by atoms with Crippen LogP contribution in [-0.4, -0.2) is 28.0 Å². The van der Waals surface area contributed by atoms with E-state index in [2.05, 4.69) is 43.3 Å². The molecule has 110 valence electrons. The van der Waals surface area contributed by atoms with Gasteiger partial charge in [-0.3, -0.25) is 4.79 Å². The van der Waals surface area contributed by atoms with Gasteiger partial charge in [0, 0.05) is 23.3 Å². The van der Waals surface area contributed by atoms with E-state index in [4.69, 9.17) is 5.73 Å². The van der Waals surface area contributed by atoms with Gasteiger partial charge in [0.2, 0.25) is 0 Å². The molecule has 1 amide bonds. The van der Waals surface area contributed by atoms with Crippen molar-refractivity contribution in [3.8, 4) is 0 Å². The highest BCUT2D eigenvalue weighted by Crippen LogP contribution is 2.28. The van der Waals surface area contributed by atoms with Crippen LogP contribution in [0.1, 0.15) is 51.0 Å². The number of carbonyl (C=O) groups excluding carboxylic acids is 1. The minimum atomic E-state index is -0.193. The average molecular weight is 276 g/mol. The lowest BCUT2D eigenvalue weighted by atomic mass is 9.79. The van der Waals surface area contributed by atoms with E-state index in [9.17, 15) is 4.79 Å². The third-order valence-electron chi connectivity index (χ3n) is 3.58. The number of nitrogens with zero attached hydrogens (tertiary/aromatic N) is 1. The van der Waals surface area contributed by atoms with E-state index < -0.39 is 0 Å². The molecule has 0 bridgehead atoms. The van der Waals surface area contributed by atoms with Crippen molar-refractivity contribution in [2.45, 2.75) is 57.7 Å². The average Bonchev–Trinajstić information content (AvgIpc) is 2.24. The fraction of sp³-hybridized carbons (Fsp3) is 0.600. The minimum Gasteiger partial charge on any atom is -0.397 e. The summed E-state index contributed by atoms with van der Waals surface area (Å²) < 4.78 is 0. The summed E-state index contributed by atoms with van der Waals surface area (Å²) in [4.78, 5) is 16.3. The number of hydrogen-bond acceptors (Lipinski definition) is 4. The molecule has 1 saturated heterocycles. The maximum absolute atomic E-state index is 12.3. The molecule has 5 heteroatoms. The summed E-state index contributed by atoms with van der Waals surface area (Å²) in [6, 6.07) is 3.54. The first-order valence-corrected chi connectivity index (χ1v) is 6.99. The number of piperidine rings is 1. The number of pyridine rings is 1. The van der Waals surface area contributed by atoms with E-state index in [1.54, 1.807) is 18.3 Å². The van der Waals surface area contributed by atoms with Crippen LogP contribution in [0.15, 0.2) is 18.3 Å². The van der Waals surface area contributed by atoms with Crippen molar-refractivity contribution in [1.29, 1.82) is 0 Å². The molecule has 0 atom stereocenters. The van der Waals surface area contributed by atoms with Crippen molar-refractivity contribution in [3.05, 3.63) is 24.0 Å². The molecule has 1 aromatic heterocycles.